The number of rotatable bonds is 5. The SMILES string of the molecule is N#Cc1cc2c(N)c(C(=O)Nc3ccccc3SCc3ccc(Cl)cc3)sc2nc1N. The summed E-state index contributed by atoms with van der Waals surface area (Å²) < 4.78 is 0. The van der Waals surface area contributed by atoms with Gasteiger partial charge in [0.1, 0.15) is 21.6 Å². The van der Waals surface area contributed by atoms with Crippen molar-refractivity contribution < 1.29 is 4.79 Å². The van der Waals surface area contributed by atoms with E-state index in [0.29, 0.717) is 25.8 Å². The maximum atomic E-state index is 13.0. The van der Waals surface area contributed by atoms with Crippen LogP contribution in [0.1, 0.15) is 20.8 Å². The lowest BCUT2D eigenvalue weighted by Gasteiger charge is -2.10. The van der Waals surface area contributed by atoms with E-state index in [9.17, 15) is 4.79 Å². The van der Waals surface area contributed by atoms with Gasteiger partial charge < -0.3 is 16.8 Å². The van der Waals surface area contributed by atoms with E-state index in [1.165, 1.54) is 0 Å². The lowest BCUT2D eigenvalue weighted by atomic mass is 10.2. The van der Waals surface area contributed by atoms with Crippen LogP contribution in [0.3, 0.4) is 0 Å². The van der Waals surface area contributed by atoms with Gasteiger partial charge in [-0.2, -0.15) is 5.26 Å². The van der Waals surface area contributed by atoms with E-state index in [-0.39, 0.29) is 23.0 Å². The molecule has 5 N–H and O–H groups in total. The van der Waals surface area contributed by atoms with Crippen molar-refractivity contribution in [3.05, 3.63) is 75.6 Å². The number of halogens is 1. The maximum absolute atomic E-state index is 13.0. The average molecular weight is 466 g/mol. The Kier molecular flexibility index (Phi) is 6.00. The van der Waals surface area contributed by atoms with Gasteiger partial charge in [-0.05, 0) is 35.9 Å². The number of thioether (sulfide) groups is 1. The van der Waals surface area contributed by atoms with Crippen molar-refractivity contribution in [3.63, 3.8) is 0 Å². The second-order valence-corrected chi connectivity index (χ2v) is 9.05. The van der Waals surface area contributed by atoms with E-state index in [4.69, 9.17) is 28.3 Å². The zero-order valence-electron chi connectivity index (χ0n) is 16.1. The molecule has 0 saturated carbocycles. The summed E-state index contributed by atoms with van der Waals surface area (Å²) in [6, 6.07) is 18.8. The van der Waals surface area contributed by atoms with Gasteiger partial charge in [0.15, 0.2) is 0 Å². The van der Waals surface area contributed by atoms with Crippen LogP contribution in [0.2, 0.25) is 5.02 Å². The summed E-state index contributed by atoms with van der Waals surface area (Å²) in [5.41, 5.74) is 14.3. The Hall–Kier alpha value is -3.25. The number of nitrogens with one attached hydrogen (secondary N) is 1. The number of nitrogens with two attached hydrogens (primary N) is 2. The number of nitriles is 1. The topological polar surface area (TPSA) is 118 Å². The van der Waals surface area contributed by atoms with Gasteiger partial charge in [-0.3, -0.25) is 4.79 Å². The van der Waals surface area contributed by atoms with Crippen LogP contribution < -0.4 is 16.8 Å². The minimum Gasteiger partial charge on any atom is -0.397 e. The first-order valence-corrected chi connectivity index (χ1v) is 11.3. The normalized spacial score (nSPS) is 10.7. The highest BCUT2D eigenvalue weighted by molar-refractivity contribution is 7.98. The highest BCUT2D eigenvalue weighted by atomic mass is 35.5. The Morgan fingerprint density at radius 1 is 1.19 bits per heavy atom. The van der Waals surface area contributed by atoms with Gasteiger partial charge in [0.2, 0.25) is 0 Å². The summed E-state index contributed by atoms with van der Waals surface area (Å²) in [5, 5.41) is 13.3. The van der Waals surface area contributed by atoms with Crippen LogP contribution in [0, 0.1) is 11.3 Å². The number of nitrogens with zero attached hydrogens (tertiary/aromatic N) is 2. The van der Waals surface area contributed by atoms with E-state index < -0.39 is 0 Å². The molecule has 0 fully saturated rings. The first-order valence-electron chi connectivity index (χ1n) is 9.12. The molecule has 2 aromatic carbocycles. The summed E-state index contributed by atoms with van der Waals surface area (Å²) in [7, 11) is 0. The number of aromatic nitrogens is 1. The van der Waals surface area contributed by atoms with Crippen LogP contribution in [-0.4, -0.2) is 10.9 Å². The molecule has 31 heavy (non-hydrogen) atoms. The zero-order chi connectivity index (χ0) is 22.0. The van der Waals surface area contributed by atoms with Crippen LogP contribution >= 0.6 is 34.7 Å². The van der Waals surface area contributed by atoms with Crippen molar-refractivity contribution in [1.29, 1.82) is 5.26 Å². The number of hydrogen-bond acceptors (Lipinski definition) is 7. The van der Waals surface area contributed by atoms with Crippen molar-refractivity contribution in [2.75, 3.05) is 16.8 Å². The molecular formula is C22H16ClN5OS2. The highest BCUT2D eigenvalue weighted by Gasteiger charge is 2.20. The molecule has 154 valence electrons. The first kappa shape index (κ1) is 21.0. The van der Waals surface area contributed by atoms with Crippen molar-refractivity contribution in [1.82, 2.24) is 4.98 Å². The summed E-state index contributed by atoms with van der Waals surface area (Å²) >= 11 is 8.70. The monoisotopic (exact) mass is 465 g/mol. The van der Waals surface area contributed by atoms with E-state index >= 15 is 0 Å². The molecule has 6 nitrogen and oxygen atoms in total. The zero-order valence-corrected chi connectivity index (χ0v) is 18.4. The van der Waals surface area contributed by atoms with Crippen molar-refractivity contribution in [2.24, 2.45) is 0 Å². The van der Waals surface area contributed by atoms with Gasteiger partial charge >= 0.3 is 0 Å². The molecule has 4 rings (SSSR count). The summed E-state index contributed by atoms with van der Waals surface area (Å²) in [4.78, 5) is 19.0. The molecule has 0 bridgehead atoms. The second-order valence-electron chi connectivity index (χ2n) is 6.60. The number of pyridine rings is 1. The maximum Gasteiger partial charge on any atom is 0.267 e. The van der Waals surface area contributed by atoms with E-state index in [1.54, 1.807) is 17.8 Å². The lowest BCUT2D eigenvalue weighted by Crippen LogP contribution is -2.12. The third kappa shape index (κ3) is 4.44. The molecule has 0 atom stereocenters. The third-order valence-electron chi connectivity index (χ3n) is 4.52. The fourth-order valence-corrected chi connectivity index (χ4v) is 5.00. The number of thiophene rings is 1. The molecular weight excluding hydrogens is 450 g/mol. The number of benzene rings is 2. The number of carbonyl (C=O) groups excluding carboxylic acids is 1. The molecule has 1 amide bonds. The highest BCUT2D eigenvalue weighted by Crippen LogP contribution is 2.36. The van der Waals surface area contributed by atoms with E-state index in [1.807, 2.05) is 54.6 Å². The van der Waals surface area contributed by atoms with Crippen molar-refractivity contribution in [2.45, 2.75) is 10.6 Å². The van der Waals surface area contributed by atoms with E-state index in [0.717, 1.165) is 27.5 Å². The number of nitrogen functional groups attached to an aromatic ring is 2. The van der Waals surface area contributed by atoms with Crippen LogP contribution in [0.15, 0.2) is 59.5 Å². The fourth-order valence-electron chi connectivity index (χ4n) is 2.93. The summed E-state index contributed by atoms with van der Waals surface area (Å²) in [6.45, 7) is 0. The third-order valence-corrected chi connectivity index (χ3v) is 7.03. The average Bonchev–Trinajstić information content (AvgIpc) is 3.09. The van der Waals surface area contributed by atoms with Crippen molar-refractivity contribution >= 4 is 68.0 Å². The quantitative estimate of drug-likeness (QED) is 0.333. The number of fused-ring (bicyclic) bond motifs is 1. The van der Waals surface area contributed by atoms with Crippen molar-refractivity contribution in [3.8, 4) is 6.07 Å². The predicted octanol–water partition coefficient (Wildman–Crippen LogP) is 5.53. The number of anilines is 3. The Morgan fingerprint density at radius 3 is 2.68 bits per heavy atom. The number of amides is 1. The Labute approximate surface area is 191 Å². The molecule has 9 heteroatoms. The molecule has 0 spiro atoms. The molecule has 2 aromatic heterocycles. The Bertz CT molecular complexity index is 1330. The summed E-state index contributed by atoms with van der Waals surface area (Å²) in [6.07, 6.45) is 0. The number of hydrogen-bond donors (Lipinski definition) is 3. The molecule has 2 heterocycles. The van der Waals surface area contributed by atoms with Gasteiger partial charge in [0, 0.05) is 21.1 Å². The first-order chi connectivity index (χ1) is 15.0. The molecule has 0 aliphatic rings. The largest absolute Gasteiger partial charge is 0.397 e. The number of para-hydroxylation sites is 1. The number of carbonyl (C=O) groups is 1. The smallest absolute Gasteiger partial charge is 0.267 e. The summed E-state index contributed by atoms with van der Waals surface area (Å²) in [5.74, 6) is 0.513. The second kappa shape index (κ2) is 8.86. The minimum absolute atomic E-state index is 0.118. The molecule has 4 aromatic rings. The predicted molar refractivity (Wildman–Crippen MR) is 129 cm³/mol. The van der Waals surface area contributed by atoms with Gasteiger partial charge in [-0.15, -0.1) is 23.1 Å². The fraction of sp³-hybridized carbons (Fsp3) is 0.0455. The minimum atomic E-state index is -0.336. The van der Waals surface area contributed by atoms with Crippen LogP contribution in [0.4, 0.5) is 17.2 Å². The lowest BCUT2D eigenvalue weighted by molar-refractivity contribution is 0.103. The molecule has 0 aliphatic carbocycles. The van der Waals surface area contributed by atoms with Gasteiger partial charge in [-0.25, -0.2) is 4.98 Å². The van der Waals surface area contributed by atoms with E-state index in [2.05, 4.69) is 10.3 Å². The van der Waals surface area contributed by atoms with Gasteiger partial charge in [-0.1, -0.05) is 35.9 Å². The molecule has 0 unspecified atom stereocenters. The van der Waals surface area contributed by atoms with Crippen LogP contribution in [0.25, 0.3) is 10.2 Å². The molecule has 0 aliphatic heterocycles. The van der Waals surface area contributed by atoms with Crippen LogP contribution in [-0.2, 0) is 5.75 Å². The van der Waals surface area contributed by atoms with Gasteiger partial charge in [0.05, 0.1) is 16.9 Å². The molecule has 0 radical (unpaired) electrons. The van der Waals surface area contributed by atoms with Gasteiger partial charge in [0.25, 0.3) is 5.91 Å². The standard InChI is InChI=1S/C22H16ClN5OS2/c23-14-7-5-12(6-8-14)11-30-17-4-2-1-3-16(17)27-21(29)19-18(25)15-9-13(10-24)20(26)28-22(15)31-19/h1-9H,11,25H2,(H2,26,28)(H,27,29). The Balaban J connectivity index is 1.57. The van der Waals surface area contributed by atoms with Crippen LogP contribution in [0.5, 0.6) is 0 Å². The Morgan fingerprint density at radius 2 is 1.94 bits per heavy atom. The molecule has 0 saturated heterocycles.